The van der Waals surface area contributed by atoms with Gasteiger partial charge in [0.25, 0.3) is 0 Å². The molecule has 1 N–H and O–H groups in total. The van der Waals surface area contributed by atoms with Gasteiger partial charge in [-0.1, -0.05) is 19.8 Å². The molecular weight excluding hydrogens is 300 g/mol. The summed E-state index contributed by atoms with van der Waals surface area (Å²) >= 11 is 0. The largest absolute Gasteiger partial charge is 0.353 e. The first kappa shape index (κ1) is 16.9. The molecule has 1 saturated carbocycles. The molecule has 24 heavy (non-hydrogen) atoms. The van der Waals surface area contributed by atoms with Crippen molar-refractivity contribution in [1.29, 1.82) is 0 Å². The van der Waals surface area contributed by atoms with Crippen LogP contribution < -0.4 is 5.32 Å². The minimum Gasteiger partial charge on any atom is -0.353 e. The van der Waals surface area contributed by atoms with Crippen LogP contribution in [0, 0.1) is 26.7 Å². The van der Waals surface area contributed by atoms with Crippen LogP contribution in [0.25, 0.3) is 5.65 Å². The number of hydrogen-bond acceptors (Lipinski definition) is 3. The van der Waals surface area contributed by atoms with Gasteiger partial charge in [0.2, 0.25) is 5.91 Å². The zero-order chi connectivity index (χ0) is 17.3. The Balaban J connectivity index is 1.67. The lowest BCUT2D eigenvalue weighted by Gasteiger charge is -2.29. The summed E-state index contributed by atoms with van der Waals surface area (Å²) in [6.45, 7) is 8.30. The molecule has 1 aliphatic rings. The minimum absolute atomic E-state index is 0.157. The lowest BCUT2D eigenvalue weighted by Crippen LogP contribution is -2.41. The van der Waals surface area contributed by atoms with Crippen LogP contribution in [0.4, 0.5) is 0 Å². The van der Waals surface area contributed by atoms with Gasteiger partial charge in [-0.3, -0.25) is 4.79 Å². The molecule has 5 nitrogen and oxygen atoms in total. The van der Waals surface area contributed by atoms with Crippen molar-refractivity contribution in [2.24, 2.45) is 5.92 Å². The standard InChI is InChI=1S/C19H28N4O/c1-12-7-5-6-8-17(12)21-19(24)10-9-16-14(3)20-18-11-13(2)22-23(18)15(16)4/h11-12,17H,5-10H2,1-4H3,(H,21,24)/t12-,17+/m0/s1. The van der Waals surface area contributed by atoms with Crippen LogP contribution in [0.5, 0.6) is 0 Å². The SMILES string of the molecule is Cc1cc2nc(C)c(CCC(=O)N[C@@H]3CCCC[C@@H]3C)c(C)n2n1. The number of rotatable bonds is 4. The Kier molecular flexibility index (Phi) is 4.88. The second kappa shape index (κ2) is 6.91. The third-order valence-electron chi connectivity index (χ3n) is 5.35. The molecule has 5 heteroatoms. The van der Waals surface area contributed by atoms with Crippen LogP contribution >= 0.6 is 0 Å². The van der Waals surface area contributed by atoms with E-state index in [0.29, 0.717) is 24.8 Å². The molecule has 1 aliphatic carbocycles. The molecule has 130 valence electrons. The highest BCUT2D eigenvalue weighted by Gasteiger charge is 2.23. The Morgan fingerprint density at radius 2 is 2.04 bits per heavy atom. The summed E-state index contributed by atoms with van der Waals surface area (Å²) < 4.78 is 1.89. The van der Waals surface area contributed by atoms with Gasteiger partial charge in [0.1, 0.15) is 0 Å². The minimum atomic E-state index is 0.157. The van der Waals surface area contributed by atoms with Crippen molar-refractivity contribution < 1.29 is 4.79 Å². The van der Waals surface area contributed by atoms with E-state index in [9.17, 15) is 4.79 Å². The van der Waals surface area contributed by atoms with Crippen LogP contribution in [-0.2, 0) is 11.2 Å². The molecule has 0 radical (unpaired) electrons. The molecule has 2 aromatic heterocycles. The topological polar surface area (TPSA) is 59.3 Å². The maximum absolute atomic E-state index is 12.4. The molecule has 0 saturated heterocycles. The van der Waals surface area contributed by atoms with E-state index in [1.807, 2.05) is 24.4 Å². The molecule has 2 heterocycles. The van der Waals surface area contributed by atoms with Gasteiger partial charge in [0.15, 0.2) is 5.65 Å². The monoisotopic (exact) mass is 328 g/mol. The Hall–Kier alpha value is -1.91. The number of nitrogens with one attached hydrogen (secondary N) is 1. The first-order valence-corrected chi connectivity index (χ1v) is 9.07. The number of amides is 1. The number of carbonyl (C=O) groups excluding carboxylic acids is 1. The molecule has 2 atom stereocenters. The Morgan fingerprint density at radius 3 is 2.79 bits per heavy atom. The first-order valence-electron chi connectivity index (χ1n) is 9.07. The average Bonchev–Trinajstić information content (AvgIpc) is 2.90. The maximum atomic E-state index is 12.4. The van der Waals surface area contributed by atoms with Crippen molar-refractivity contribution in [3.05, 3.63) is 28.7 Å². The Morgan fingerprint density at radius 1 is 1.29 bits per heavy atom. The second-order valence-corrected chi connectivity index (χ2v) is 7.25. The number of carbonyl (C=O) groups is 1. The van der Waals surface area contributed by atoms with Crippen LogP contribution in [-0.4, -0.2) is 26.5 Å². The normalized spacial score (nSPS) is 21.2. The van der Waals surface area contributed by atoms with Crippen molar-refractivity contribution in [2.45, 2.75) is 72.3 Å². The molecule has 0 aromatic carbocycles. The fourth-order valence-corrected chi connectivity index (χ4v) is 3.85. The van der Waals surface area contributed by atoms with Crippen LogP contribution in [0.2, 0.25) is 0 Å². The van der Waals surface area contributed by atoms with Crippen LogP contribution in [0.1, 0.15) is 61.7 Å². The number of fused-ring (bicyclic) bond motifs is 1. The van der Waals surface area contributed by atoms with E-state index < -0.39 is 0 Å². The molecule has 0 aliphatic heterocycles. The summed E-state index contributed by atoms with van der Waals surface area (Å²) in [6.07, 6.45) is 6.09. The number of nitrogens with zero attached hydrogens (tertiary/aromatic N) is 3. The summed E-state index contributed by atoms with van der Waals surface area (Å²) in [6, 6.07) is 2.34. The molecule has 0 bridgehead atoms. The van der Waals surface area contributed by atoms with E-state index >= 15 is 0 Å². The van der Waals surface area contributed by atoms with Crippen molar-refractivity contribution in [2.75, 3.05) is 0 Å². The van der Waals surface area contributed by atoms with E-state index in [4.69, 9.17) is 0 Å². The quantitative estimate of drug-likeness (QED) is 0.937. The van der Waals surface area contributed by atoms with Crippen molar-refractivity contribution >= 4 is 11.6 Å². The van der Waals surface area contributed by atoms with Crippen molar-refractivity contribution in [1.82, 2.24) is 19.9 Å². The van der Waals surface area contributed by atoms with Gasteiger partial charge in [0.05, 0.1) is 5.69 Å². The first-order chi connectivity index (χ1) is 11.5. The van der Waals surface area contributed by atoms with Gasteiger partial charge in [-0.05, 0) is 51.5 Å². The van der Waals surface area contributed by atoms with Crippen LogP contribution in [0.15, 0.2) is 6.07 Å². The van der Waals surface area contributed by atoms with E-state index in [-0.39, 0.29) is 5.91 Å². The molecule has 1 fully saturated rings. The zero-order valence-corrected chi connectivity index (χ0v) is 15.2. The number of hydrogen-bond donors (Lipinski definition) is 1. The predicted molar refractivity (Wildman–Crippen MR) is 95.1 cm³/mol. The smallest absolute Gasteiger partial charge is 0.220 e. The maximum Gasteiger partial charge on any atom is 0.220 e. The second-order valence-electron chi connectivity index (χ2n) is 7.25. The summed E-state index contributed by atoms with van der Waals surface area (Å²) in [5.41, 5.74) is 5.07. The van der Waals surface area contributed by atoms with E-state index in [0.717, 1.165) is 34.7 Å². The lowest BCUT2D eigenvalue weighted by atomic mass is 9.86. The van der Waals surface area contributed by atoms with Gasteiger partial charge >= 0.3 is 0 Å². The lowest BCUT2D eigenvalue weighted by molar-refractivity contribution is -0.122. The fourth-order valence-electron chi connectivity index (χ4n) is 3.85. The highest BCUT2D eigenvalue weighted by atomic mass is 16.1. The summed E-state index contributed by atoms with van der Waals surface area (Å²) in [7, 11) is 0. The zero-order valence-electron chi connectivity index (χ0n) is 15.2. The molecular formula is C19H28N4O. The summed E-state index contributed by atoms with van der Waals surface area (Å²) in [5, 5.41) is 7.74. The average molecular weight is 328 g/mol. The number of aromatic nitrogens is 3. The fraction of sp³-hybridized carbons (Fsp3) is 0.632. The van der Waals surface area contributed by atoms with Gasteiger partial charge in [-0.25, -0.2) is 9.50 Å². The summed E-state index contributed by atoms with van der Waals surface area (Å²) in [4.78, 5) is 17.0. The van der Waals surface area contributed by atoms with E-state index in [1.54, 1.807) is 0 Å². The van der Waals surface area contributed by atoms with E-state index in [2.05, 4.69) is 29.2 Å². The molecule has 1 amide bonds. The third kappa shape index (κ3) is 3.45. The third-order valence-corrected chi connectivity index (χ3v) is 5.35. The Bertz CT molecular complexity index is 749. The van der Waals surface area contributed by atoms with Crippen molar-refractivity contribution in [3.8, 4) is 0 Å². The van der Waals surface area contributed by atoms with Crippen molar-refractivity contribution in [3.63, 3.8) is 0 Å². The van der Waals surface area contributed by atoms with Crippen LogP contribution in [0.3, 0.4) is 0 Å². The van der Waals surface area contributed by atoms with Gasteiger partial charge in [0, 0.05) is 29.9 Å². The van der Waals surface area contributed by atoms with Gasteiger partial charge in [-0.15, -0.1) is 0 Å². The molecule has 0 spiro atoms. The number of aryl methyl sites for hydroxylation is 3. The summed E-state index contributed by atoms with van der Waals surface area (Å²) in [5.74, 6) is 0.750. The Labute approximate surface area is 143 Å². The highest BCUT2D eigenvalue weighted by molar-refractivity contribution is 5.76. The highest BCUT2D eigenvalue weighted by Crippen LogP contribution is 2.24. The molecule has 0 unspecified atom stereocenters. The molecule has 3 rings (SSSR count). The predicted octanol–water partition coefficient (Wildman–Crippen LogP) is 3.28. The van der Waals surface area contributed by atoms with E-state index in [1.165, 1.54) is 19.3 Å². The van der Waals surface area contributed by atoms with Gasteiger partial charge in [-0.2, -0.15) is 5.10 Å². The molecule has 2 aromatic rings. The van der Waals surface area contributed by atoms with Gasteiger partial charge < -0.3 is 5.32 Å².